The van der Waals surface area contributed by atoms with E-state index in [0.717, 1.165) is 31.4 Å². The van der Waals surface area contributed by atoms with Gasteiger partial charge in [-0.1, -0.05) is 18.6 Å². The fourth-order valence-corrected chi connectivity index (χ4v) is 3.66. The molecule has 0 saturated carbocycles. The molecule has 2 rings (SSSR count). The minimum Gasteiger partial charge on any atom is -0.342 e. The molecule has 0 radical (unpaired) electrons. The van der Waals surface area contributed by atoms with Gasteiger partial charge in [0, 0.05) is 43.4 Å². The van der Waals surface area contributed by atoms with Crippen LogP contribution in [0.3, 0.4) is 0 Å². The van der Waals surface area contributed by atoms with Gasteiger partial charge >= 0.3 is 0 Å². The van der Waals surface area contributed by atoms with Crippen LogP contribution in [-0.4, -0.2) is 47.0 Å². The Labute approximate surface area is 156 Å². The second-order valence-electron chi connectivity index (χ2n) is 6.91. The molecule has 0 spiro atoms. The number of rotatable bonds is 7. The minimum absolute atomic E-state index is 0.126. The highest BCUT2D eigenvalue weighted by atomic mass is 32.2. The monoisotopic (exact) mass is 362 g/mol. The van der Waals surface area contributed by atoms with Gasteiger partial charge in [0.15, 0.2) is 0 Å². The van der Waals surface area contributed by atoms with Crippen LogP contribution in [0.2, 0.25) is 0 Å². The highest BCUT2D eigenvalue weighted by Gasteiger charge is 2.21. The lowest BCUT2D eigenvalue weighted by Crippen LogP contribution is -2.39. The zero-order chi connectivity index (χ0) is 18.2. The van der Waals surface area contributed by atoms with Gasteiger partial charge in [0.1, 0.15) is 0 Å². The summed E-state index contributed by atoms with van der Waals surface area (Å²) in [5.41, 5.74) is 1.15. The van der Waals surface area contributed by atoms with Crippen molar-refractivity contribution in [3.63, 3.8) is 0 Å². The van der Waals surface area contributed by atoms with E-state index in [1.54, 1.807) is 11.8 Å². The van der Waals surface area contributed by atoms with Crippen LogP contribution in [0.25, 0.3) is 0 Å². The zero-order valence-electron chi connectivity index (χ0n) is 15.7. The van der Waals surface area contributed by atoms with Crippen molar-refractivity contribution in [1.82, 2.24) is 9.80 Å². The molecule has 0 aromatic heterocycles. The minimum atomic E-state index is 0.126. The number of nitrogens with zero attached hydrogens (tertiary/aromatic N) is 2. The summed E-state index contributed by atoms with van der Waals surface area (Å²) in [6.45, 7) is 6.06. The molecule has 0 unspecified atom stereocenters. The number of benzene rings is 1. The number of carbonyl (C=O) groups is 2. The highest BCUT2D eigenvalue weighted by Crippen LogP contribution is 2.18. The number of amides is 2. The van der Waals surface area contributed by atoms with Gasteiger partial charge in [0.25, 0.3) is 0 Å². The van der Waals surface area contributed by atoms with Crippen molar-refractivity contribution >= 4 is 23.6 Å². The van der Waals surface area contributed by atoms with E-state index in [1.165, 1.54) is 4.90 Å². The van der Waals surface area contributed by atoms with Crippen LogP contribution in [0, 0.1) is 0 Å². The molecule has 1 aromatic rings. The van der Waals surface area contributed by atoms with Gasteiger partial charge in [0.05, 0.1) is 0 Å². The fraction of sp³-hybridized carbons (Fsp3) is 0.600. The summed E-state index contributed by atoms with van der Waals surface area (Å²) < 4.78 is 0. The van der Waals surface area contributed by atoms with E-state index in [-0.39, 0.29) is 17.9 Å². The summed E-state index contributed by atoms with van der Waals surface area (Å²) in [5.74, 6) is 0.329. The Morgan fingerprint density at radius 1 is 1.28 bits per heavy atom. The van der Waals surface area contributed by atoms with Crippen LogP contribution >= 0.6 is 11.8 Å². The van der Waals surface area contributed by atoms with Crippen molar-refractivity contribution in [3.8, 4) is 0 Å². The normalized spacial score (nSPS) is 15.4. The molecule has 138 valence electrons. The average molecular weight is 363 g/mol. The maximum atomic E-state index is 12.8. The molecule has 4 nitrogen and oxygen atoms in total. The first-order valence-corrected chi connectivity index (χ1v) is 10.4. The van der Waals surface area contributed by atoms with E-state index in [0.29, 0.717) is 25.9 Å². The van der Waals surface area contributed by atoms with Gasteiger partial charge in [-0.25, -0.2) is 0 Å². The summed E-state index contributed by atoms with van der Waals surface area (Å²) in [6.07, 6.45) is 6.24. The molecule has 0 N–H and O–H groups in total. The first-order valence-electron chi connectivity index (χ1n) is 9.21. The predicted molar refractivity (Wildman–Crippen MR) is 104 cm³/mol. The second kappa shape index (κ2) is 9.85. The SMILES string of the molecule is CSc1cccc(CN(C(=O)CCN2CCCCCC2=O)C(C)C)c1. The second-order valence-corrected chi connectivity index (χ2v) is 7.79. The van der Waals surface area contributed by atoms with Crippen molar-refractivity contribution in [1.29, 1.82) is 0 Å². The summed E-state index contributed by atoms with van der Waals surface area (Å²) in [4.78, 5) is 29.9. The van der Waals surface area contributed by atoms with Crippen LogP contribution in [-0.2, 0) is 16.1 Å². The molecule has 1 aliphatic rings. The van der Waals surface area contributed by atoms with E-state index in [9.17, 15) is 9.59 Å². The van der Waals surface area contributed by atoms with Crippen LogP contribution < -0.4 is 0 Å². The molecule has 0 aliphatic carbocycles. The average Bonchev–Trinajstić information content (AvgIpc) is 2.81. The van der Waals surface area contributed by atoms with Crippen molar-refractivity contribution < 1.29 is 9.59 Å². The Morgan fingerprint density at radius 2 is 2.08 bits per heavy atom. The molecule has 1 saturated heterocycles. The van der Waals surface area contributed by atoms with Crippen LogP contribution in [0.5, 0.6) is 0 Å². The van der Waals surface area contributed by atoms with Gasteiger partial charge in [-0.15, -0.1) is 11.8 Å². The number of thioether (sulfide) groups is 1. The van der Waals surface area contributed by atoms with E-state index in [4.69, 9.17) is 0 Å². The molecule has 2 amide bonds. The number of hydrogen-bond acceptors (Lipinski definition) is 3. The molecule has 1 aromatic carbocycles. The van der Waals surface area contributed by atoms with Crippen molar-refractivity contribution in [2.75, 3.05) is 19.3 Å². The molecule has 1 aliphatic heterocycles. The van der Waals surface area contributed by atoms with Crippen LogP contribution in [0.1, 0.15) is 51.5 Å². The van der Waals surface area contributed by atoms with E-state index in [1.807, 2.05) is 29.7 Å². The van der Waals surface area contributed by atoms with Crippen LogP contribution in [0.4, 0.5) is 0 Å². The van der Waals surface area contributed by atoms with Gasteiger partial charge in [-0.05, 0) is 50.6 Å². The molecular weight excluding hydrogens is 332 g/mol. The maximum Gasteiger partial charge on any atom is 0.224 e. The number of hydrogen-bond donors (Lipinski definition) is 0. The van der Waals surface area contributed by atoms with Crippen molar-refractivity contribution in [2.24, 2.45) is 0 Å². The summed E-state index contributed by atoms with van der Waals surface area (Å²) in [7, 11) is 0. The predicted octanol–water partition coefficient (Wildman–Crippen LogP) is 3.94. The summed E-state index contributed by atoms with van der Waals surface area (Å²) in [6, 6.07) is 8.48. The molecule has 1 heterocycles. The third-order valence-electron chi connectivity index (χ3n) is 4.70. The number of likely N-dealkylation sites (tertiary alicyclic amines) is 1. The topological polar surface area (TPSA) is 40.6 Å². The molecule has 1 fully saturated rings. The largest absolute Gasteiger partial charge is 0.342 e. The fourth-order valence-electron chi connectivity index (χ4n) is 3.18. The van der Waals surface area contributed by atoms with E-state index in [2.05, 4.69) is 24.5 Å². The Morgan fingerprint density at radius 3 is 2.80 bits per heavy atom. The zero-order valence-corrected chi connectivity index (χ0v) is 16.5. The lowest BCUT2D eigenvalue weighted by atomic mass is 10.1. The first kappa shape index (κ1) is 19.8. The van der Waals surface area contributed by atoms with Gasteiger partial charge in [0.2, 0.25) is 11.8 Å². The highest BCUT2D eigenvalue weighted by molar-refractivity contribution is 7.98. The van der Waals surface area contributed by atoms with Gasteiger partial charge < -0.3 is 9.80 Å². The lowest BCUT2D eigenvalue weighted by Gasteiger charge is -2.28. The standard InChI is InChI=1S/C20H30N2O2S/c1-16(2)22(15-17-8-7-9-18(14-17)25-3)20(24)11-13-21-12-6-4-5-10-19(21)23/h7-9,14,16H,4-6,10-13,15H2,1-3H3. The Bertz CT molecular complexity index is 589. The van der Waals surface area contributed by atoms with Crippen molar-refractivity contribution in [2.45, 2.75) is 63.4 Å². The van der Waals surface area contributed by atoms with Gasteiger partial charge in [-0.2, -0.15) is 0 Å². The van der Waals surface area contributed by atoms with E-state index >= 15 is 0 Å². The Hall–Kier alpha value is -1.49. The van der Waals surface area contributed by atoms with E-state index < -0.39 is 0 Å². The lowest BCUT2D eigenvalue weighted by molar-refractivity contribution is -0.135. The first-order chi connectivity index (χ1) is 12.0. The smallest absolute Gasteiger partial charge is 0.224 e. The van der Waals surface area contributed by atoms with Crippen LogP contribution in [0.15, 0.2) is 29.2 Å². The molecule has 5 heteroatoms. The molecule has 0 bridgehead atoms. The Balaban J connectivity index is 1.96. The van der Waals surface area contributed by atoms with Gasteiger partial charge in [-0.3, -0.25) is 9.59 Å². The number of carbonyl (C=O) groups excluding carboxylic acids is 2. The summed E-state index contributed by atoms with van der Waals surface area (Å²) in [5, 5.41) is 0. The third kappa shape index (κ3) is 6.07. The maximum absolute atomic E-state index is 12.8. The Kier molecular flexibility index (Phi) is 7.82. The van der Waals surface area contributed by atoms with Crippen molar-refractivity contribution in [3.05, 3.63) is 29.8 Å². The molecular formula is C20H30N2O2S. The quantitative estimate of drug-likeness (QED) is 0.690. The molecule has 0 atom stereocenters. The summed E-state index contributed by atoms with van der Waals surface area (Å²) >= 11 is 1.71. The molecule has 25 heavy (non-hydrogen) atoms. The third-order valence-corrected chi connectivity index (χ3v) is 5.42.